The van der Waals surface area contributed by atoms with Gasteiger partial charge in [-0.2, -0.15) is 9.57 Å². The van der Waals surface area contributed by atoms with Crippen molar-refractivity contribution in [1.82, 2.24) is 4.31 Å². The molecule has 0 amide bonds. The van der Waals surface area contributed by atoms with Gasteiger partial charge in [0.2, 0.25) is 10.0 Å². The average molecular weight is 246 g/mol. The van der Waals surface area contributed by atoms with E-state index in [2.05, 4.69) is 4.74 Å². The van der Waals surface area contributed by atoms with Gasteiger partial charge in [0.05, 0.1) is 13.2 Å². The van der Waals surface area contributed by atoms with Crippen LogP contribution < -0.4 is 0 Å². The Morgan fingerprint density at radius 2 is 2.25 bits per heavy atom. The lowest BCUT2D eigenvalue weighted by atomic mass is 10.2. The molecule has 0 bridgehead atoms. The molecule has 2 unspecified atom stereocenters. The highest BCUT2D eigenvalue weighted by molar-refractivity contribution is 7.90. The van der Waals surface area contributed by atoms with Crippen molar-refractivity contribution < 1.29 is 17.9 Å². The van der Waals surface area contributed by atoms with Gasteiger partial charge in [0.15, 0.2) is 5.25 Å². The highest BCUT2D eigenvalue weighted by Gasteiger charge is 2.40. The number of nitrogens with zero attached hydrogens (tertiary/aromatic N) is 2. The van der Waals surface area contributed by atoms with Gasteiger partial charge in [0.1, 0.15) is 6.04 Å². The number of hydrogen-bond acceptors (Lipinski definition) is 5. The number of rotatable bonds is 3. The molecule has 1 fully saturated rings. The molecular weight excluding hydrogens is 232 g/mol. The zero-order chi connectivity index (χ0) is 12.3. The largest absolute Gasteiger partial charge is 0.468 e. The smallest absolute Gasteiger partial charge is 0.325 e. The number of nitriles is 1. The number of methoxy groups -OCH3 is 1. The molecule has 1 saturated heterocycles. The Labute approximate surface area is 94.8 Å². The third kappa shape index (κ3) is 2.18. The van der Waals surface area contributed by atoms with Crippen LogP contribution >= 0.6 is 0 Å². The fraction of sp³-hybridized carbons (Fsp3) is 0.778. The summed E-state index contributed by atoms with van der Waals surface area (Å²) >= 11 is 0. The summed E-state index contributed by atoms with van der Waals surface area (Å²) in [6.45, 7) is 1.57. The Morgan fingerprint density at radius 1 is 1.62 bits per heavy atom. The van der Waals surface area contributed by atoms with Crippen LogP contribution in [0.3, 0.4) is 0 Å². The molecule has 0 aromatic rings. The number of carbonyl (C=O) groups is 1. The van der Waals surface area contributed by atoms with Crippen molar-refractivity contribution in [2.75, 3.05) is 13.7 Å². The lowest BCUT2D eigenvalue weighted by Gasteiger charge is -2.22. The standard InChI is InChI=1S/C9H14N2O4S/c1-7(9(12)15-2)16(13,14)11-5-3-4-8(11)6-10/h7-8H,3-5H2,1-2H3. The molecule has 90 valence electrons. The summed E-state index contributed by atoms with van der Waals surface area (Å²) in [4.78, 5) is 11.2. The third-order valence-electron chi connectivity index (χ3n) is 2.66. The number of hydrogen-bond donors (Lipinski definition) is 0. The fourth-order valence-corrected chi connectivity index (χ4v) is 3.30. The van der Waals surface area contributed by atoms with Crippen LogP contribution in [-0.2, 0) is 19.6 Å². The topological polar surface area (TPSA) is 87.5 Å². The quantitative estimate of drug-likeness (QED) is 0.647. The maximum Gasteiger partial charge on any atom is 0.325 e. The van der Waals surface area contributed by atoms with Crippen molar-refractivity contribution in [1.29, 1.82) is 5.26 Å². The molecule has 6 nitrogen and oxygen atoms in total. The van der Waals surface area contributed by atoms with E-state index in [-0.39, 0.29) is 0 Å². The molecule has 0 aliphatic carbocycles. The van der Waals surface area contributed by atoms with E-state index in [0.29, 0.717) is 19.4 Å². The Kier molecular flexibility index (Phi) is 3.88. The number of ether oxygens (including phenoxy) is 1. The first-order valence-corrected chi connectivity index (χ1v) is 6.43. The van der Waals surface area contributed by atoms with E-state index in [1.54, 1.807) is 0 Å². The van der Waals surface area contributed by atoms with Gasteiger partial charge in [-0.1, -0.05) is 0 Å². The molecule has 1 aliphatic heterocycles. The van der Waals surface area contributed by atoms with Crippen molar-refractivity contribution in [2.45, 2.75) is 31.1 Å². The molecule has 0 spiro atoms. The van der Waals surface area contributed by atoms with Gasteiger partial charge in [0.25, 0.3) is 0 Å². The summed E-state index contributed by atoms with van der Waals surface area (Å²) in [5.74, 6) is -0.802. The summed E-state index contributed by atoms with van der Waals surface area (Å²) in [6.07, 6.45) is 1.16. The van der Waals surface area contributed by atoms with E-state index >= 15 is 0 Å². The molecule has 1 heterocycles. The van der Waals surface area contributed by atoms with Crippen molar-refractivity contribution in [3.8, 4) is 6.07 Å². The molecular formula is C9H14N2O4S. The Bertz CT molecular complexity index is 412. The maximum absolute atomic E-state index is 12.0. The molecule has 0 aromatic carbocycles. The van der Waals surface area contributed by atoms with Crippen LogP contribution in [-0.4, -0.2) is 43.6 Å². The number of carbonyl (C=O) groups excluding carboxylic acids is 1. The minimum atomic E-state index is -3.78. The van der Waals surface area contributed by atoms with Gasteiger partial charge >= 0.3 is 5.97 Å². The first-order chi connectivity index (χ1) is 7.45. The lowest BCUT2D eigenvalue weighted by Crippen LogP contribution is -2.43. The van der Waals surface area contributed by atoms with Gasteiger partial charge in [-0.15, -0.1) is 0 Å². The second kappa shape index (κ2) is 4.80. The molecule has 1 rings (SSSR count). The summed E-state index contributed by atoms with van der Waals surface area (Å²) in [6, 6.07) is 1.27. The molecule has 16 heavy (non-hydrogen) atoms. The van der Waals surface area contributed by atoms with E-state index in [1.807, 2.05) is 6.07 Å². The zero-order valence-electron chi connectivity index (χ0n) is 9.21. The summed E-state index contributed by atoms with van der Waals surface area (Å²) in [7, 11) is -2.64. The van der Waals surface area contributed by atoms with Crippen LogP contribution in [0.2, 0.25) is 0 Å². The second-order valence-electron chi connectivity index (χ2n) is 3.61. The van der Waals surface area contributed by atoms with Crippen molar-refractivity contribution >= 4 is 16.0 Å². The average Bonchev–Trinajstić information content (AvgIpc) is 2.75. The van der Waals surface area contributed by atoms with Gasteiger partial charge in [-0.05, 0) is 19.8 Å². The summed E-state index contributed by atoms with van der Waals surface area (Å²) in [5, 5.41) is 7.55. The number of sulfonamides is 1. The van der Waals surface area contributed by atoms with Crippen LogP contribution in [0.4, 0.5) is 0 Å². The van der Waals surface area contributed by atoms with E-state index in [0.717, 1.165) is 11.4 Å². The predicted octanol–water partition coefficient (Wildman–Crippen LogP) is -0.134. The van der Waals surface area contributed by atoms with Crippen molar-refractivity contribution in [3.63, 3.8) is 0 Å². The highest BCUT2D eigenvalue weighted by atomic mass is 32.2. The molecule has 7 heteroatoms. The van der Waals surface area contributed by atoms with Gasteiger partial charge in [-0.3, -0.25) is 4.79 Å². The minimum Gasteiger partial charge on any atom is -0.468 e. The van der Waals surface area contributed by atoms with E-state index in [4.69, 9.17) is 5.26 Å². The zero-order valence-corrected chi connectivity index (χ0v) is 10.0. The fourth-order valence-electron chi connectivity index (χ4n) is 1.66. The summed E-state index contributed by atoms with van der Waals surface area (Å²) < 4.78 is 29.4. The lowest BCUT2D eigenvalue weighted by molar-refractivity contribution is -0.139. The van der Waals surface area contributed by atoms with Gasteiger partial charge in [-0.25, -0.2) is 8.42 Å². The Balaban J connectivity index is 2.94. The van der Waals surface area contributed by atoms with Crippen LogP contribution in [0.15, 0.2) is 0 Å². The van der Waals surface area contributed by atoms with E-state index < -0.39 is 27.3 Å². The monoisotopic (exact) mass is 246 g/mol. The van der Waals surface area contributed by atoms with Crippen LogP contribution in [0, 0.1) is 11.3 Å². The first kappa shape index (κ1) is 12.9. The predicted molar refractivity (Wildman–Crippen MR) is 55.7 cm³/mol. The van der Waals surface area contributed by atoms with Crippen LogP contribution in [0.25, 0.3) is 0 Å². The van der Waals surface area contributed by atoms with Gasteiger partial charge < -0.3 is 4.74 Å². The Morgan fingerprint density at radius 3 is 2.75 bits per heavy atom. The van der Waals surface area contributed by atoms with Crippen molar-refractivity contribution in [2.24, 2.45) is 0 Å². The molecule has 0 saturated carbocycles. The van der Waals surface area contributed by atoms with Crippen LogP contribution in [0.1, 0.15) is 19.8 Å². The molecule has 0 aromatic heterocycles. The van der Waals surface area contributed by atoms with E-state index in [1.165, 1.54) is 6.92 Å². The van der Waals surface area contributed by atoms with E-state index in [9.17, 15) is 13.2 Å². The first-order valence-electron chi connectivity index (χ1n) is 4.93. The normalized spacial score (nSPS) is 23.7. The molecule has 0 N–H and O–H groups in total. The van der Waals surface area contributed by atoms with Crippen LogP contribution in [0.5, 0.6) is 0 Å². The molecule has 1 aliphatic rings. The summed E-state index contributed by atoms with van der Waals surface area (Å²) in [5.41, 5.74) is 0. The Hall–Kier alpha value is -1.13. The minimum absolute atomic E-state index is 0.294. The second-order valence-corrected chi connectivity index (χ2v) is 5.81. The molecule has 0 radical (unpaired) electrons. The number of esters is 1. The SMILES string of the molecule is COC(=O)C(C)S(=O)(=O)N1CCCC1C#N. The van der Waals surface area contributed by atoms with Gasteiger partial charge in [0, 0.05) is 6.54 Å². The van der Waals surface area contributed by atoms with Crippen molar-refractivity contribution in [3.05, 3.63) is 0 Å². The molecule has 2 atom stereocenters. The third-order valence-corrected chi connectivity index (χ3v) is 4.84. The highest BCUT2D eigenvalue weighted by Crippen LogP contribution is 2.23. The maximum atomic E-state index is 12.0.